The topological polar surface area (TPSA) is 102 Å². The molecule has 1 N–H and O–H groups in total. The first-order valence-corrected chi connectivity index (χ1v) is 9.27. The number of halogens is 1. The summed E-state index contributed by atoms with van der Waals surface area (Å²) in [6.45, 7) is 1.95. The maximum atomic E-state index is 14.0. The average molecular weight is 396 g/mol. The number of ether oxygens (including phenoxy) is 1. The summed E-state index contributed by atoms with van der Waals surface area (Å²) in [5.41, 5.74) is 1.86. The fourth-order valence-corrected chi connectivity index (χ4v) is 3.76. The number of pyridine rings is 1. The summed E-state index contributed by atoms with van der Waals surface area (Å²) in [7, 11) is 0. The highest BCUT2D eigenvalue weighted by atomic mass is 19.1. The average Bonchev–Trinajstić information content (AvgIpc) is 3.29. The van der Waals surface area contributed by atoms with E-state index >= 15 is 0 Å². The fraction of sp³-hybridized carbons (Fsp3) is 0.316. The molecule has 5 heterocycles. The third-order valence-corrected chi connectivity index (χ3v) is 5.24. The van der Waals surface area contributed by atoms with Gasteiger partial charge in [0.1, 0.15) is 29.8 Å². The highest BCUT2D eigenvalue weighted by Gasteiger charge is 2.38. The quantitative estimate of drug-likeness (QED) is 0.624. The number of aryl methyl sites for hydroxylation is 1. The predicted octanol–water partition coefficient (Wildman–Crippen LogP) is 2.03. The lowest BCUT2D eigenvalue weighted by atomic mass is 10.00. The zero-order chi connectivity index (χ0) is 20.1. The van der Waals surface area contributed by atoms with E-state index in [4.69, 9.17) is 4.74 Å². The van der Waals surface area contributed by atoms with Crippen molar-refractivity contribution >= 4 is 23.5 Å². The SMILES string of the molecule is C[C@H]1CCc2ncc(F)cc2[C@H]2COC(=O)N2c2ccn3ncc(c3n2)C(=O)N1. The van der Waals surface area contributed by atoms with E-state index in [0.717, 1.165) is 6.20 Å². The number of anilines is 1. The van der Waals surface area contributed by atoms with Gasteiger partial charge in [-0.25, -0.2) is 18.7 Å². The second-order valence-corrected chi connectivity index (χ2v) is 7.18. The normalized spacial score (nSPS) is 21.7. The van der Waals surface area contributed by atoms with Crippen LogP contribution in [0.25, 0.3) is 5.65 Å². The summed E-state index contributed by atoms with van der Waals surface area (Å²) in [5.74, 6) is -0.499. The lowest BCUT2D eigenvalue weighted by Gasteiger charge is -2.22. The number of cyclic esters (lactones) is 1. The Bertz CT molecular complexity index is 1150. The first-order chi connectivity index (χ1) is 14.0. The monoisotopic (exact) mass is 396 g/mol. The Morgan fingerprint density at radius 1 is 1.31 bits per heavy atom. The lowest BCUT2D eigenvalue weighted by molar-refractivity contribution is 0.0940. The summed E-state index contributed by atoms with van der Waals surface area (Å²) < 4.78 is 20.8. The maximum Gasteiger partial charge on any atom is 0.416 e. The molecular formula is C19H17FN6O3. The first-order valence-electron chi connectivity index (χ1n) is 9.27. The minimum atomic E-state index is -0.587. The zero-order valence-corrected chi connectivity index (χ0v) is 15.5. The molecule has 3 aromatic heterocycles. The molecule has 3 aromatic rings. The molecule has 0 aromatic carbocycles. The molecule has 2 bridgehead atoms. The van der Waals surface area contributed by atoms with Crippen LogP contribution in [0.4, 0.5) is 15.0 Å². The van der Waals surface area contributed by atoms with Crippen LogP contribution in [0.15, 0.2) is 30.7 Å². The fourth-order valence-electron chi connectivity index (χ4n) is 3.76. The minimum absolute atomic E-state index is 0.0582. The van der Waals surface area contributed by atoms with Crippen LogP contribution in [-0.4, -0.2) is 44.2 Å². The number of amides is 2. The standard InChI is InChI=1S/C19H17FN6O3/c1-10-2-3-14-12(6-11(20)7-21-14)15-9-29-19(28)26(15)16-4-5-25-17(24-16)13(8-22-25)18(27)23-10/h4-8,10,15H,2-3,9H2,1H3,(H,23,27)/t10-,15+/m0/s1. The largest absolute Gasteiger partial charge is 0.447 e. The Kier molecular flexibility index (Phi) is 3.93. The van der Waals surface area contributed by atoms with Crippen molar-refractivity contribution in [1.82, 2.24) is 24.9 Å². The summed E-state index contributed by atoms with van der Waals surface area (Å²) >= 11 is 0. The van der Waals surface area contributed by atoms with Crippen LogP contribution < -0.4 is 10.2 Å². The van der Waals surface area contributed by atoms with Gasteiger partial charge in [-0.15, -0.1) is 0 Å². The van der Waals surface area contributed by atoms with Crippen molar-refractivity contribution in [2.75, 3.05) is 11.5 Å². The third-order valence-electron chi connectivity index (χ3n) is 5.24. The number of fused-ring (bicyclic) bond motifs is 5. The van der Waals surface area contributed by atoms with Crippen molar-refractivity contribution in [1.29, 1.82) is 0 Å². The minimum Gasteiger partial charge on any atom is -0.447 e. The molecule has 0 radical (unpaired) electrons. The molecule has 2 amide bonds. The maximum absolute atomic E-state index is 14.0. The Labute approximate surface area is 164 Å². The summed E-state index contributed by atoms with van der Waals surface area (Å²) in [6.07, 6.45) is 4.73. The molecule has 2 aliphatic heterocycles. The van der Waals surface area contributed by atoms with E-state index in [1.54, 1.807) is 12.3 Å². The van der Waals surface area contributed by atoms with Crippen molar-refractivity contribution in [3.8, 4) is 0 Å². The van der Waals surface area contributed by atoms with Crippen LogP contribution in [0.3, 0.4) is 0 Å². The number of carbonyl (C=O) groups excluding carboxylic acids is 2. The first kappa shape index (κ1) is 17.5. The number of rotatable bonds is 0. The third kappa shape index (κ3) is 2.87. The van der Waals surface area contributed by atoms with Gasteiger partial charge in [0, 0.05) is 23.5 Å². The Morgan fingerprint density at radius 2 is 2.17 bits per heavy atom. The van der Waals surface area contributed by atoms with Gasteiger partial charge in [-0.05, 0) is 31.9 Å². The lowest BCUT2D eigenvalue weighted by Crippen LogP contribution is -2.33. The van der Waals surface area contributed by atoms with Crippen molar-refractivity contribution < 1.29 is 18.7 Å². The molecule has 9 nitrogen and oxygen atoms in total. The Morgan fingerprint density at radius 3 is 3.03 bits per heavy atom. The second kappa shape index (κ2) is 6.50. The van der Waals surface area contributed by atoms with Gasteiger partial charge < -0.3 is 10.1 Å². The van der Waals surface area contributed by atoms with Crippen LogP contribution in [0.5, 0.6) is 0 Å². The molecule has 5 rings (SSSR count). The highest BCUT2D eigenvalue weighted by Crippen LogP contribution is 2.34. The molecule has 29 heavy (non-hydrogen) atoms. The Balaban J connectivity index is 1.72. The number of hydrogen-bond acceptors (Lipinski definition) is 6. The van der Waals surface area contributed by atoms with E-state index in [1.807, 2.05) is 6.92 Å². The van der Waals surface area contributed by atoms with E-state index in [-0.39, 0.29) is 18.6 Å². The molecule has 1 fully saturated rings. The molecule has 148 valence electrons. The van der Waals surface area contributed by atoms with Gasteiger partial charge in [0.25, 0.3) is 5.91 Å². The van der Waals surface area contributed by atoms with Crippen LogP contribution in [0, 0.1) is 5.82 Å². The number of nitrogens with zero attached hydrogens (tertiary/aromatic N) is 5. The van der Waals surface area contributed by atoms with Crippen molar-refractivity contribution in [2.24, 2.45) is 0 Å². The molecule has 1 saturated heterocycles. The summed E-state index contributed by atoms with van der Waals surface area (Å²) in [4.78, 5) is 35.3. The highest BCUT2D eigenvalue weighted by molar-refractivity contribution is 6.00. The van der Waals surface area contributed by atoms with Crippen LogP contribution in [-0.2, 0) is 11.2 Å². The second-order valence-electron chi connectivity index (χ2n) is 7.18. The zero-order valence-electron chi connectivity index (χ0n) is 15.5. The van der Waals surface area contributed by atoms with E-state index in [1.165, 1.54) is 21.7 Å². The Hall–Kier alpha value is -3.56. The van der Waals surface area contributed by atoms with Crippen LogP contribution >= 0.6 is 0 Å². The van der Waals surface area contributed by atoms with Gasteiger partial charge >= 0.3 is 6.09 Å². The van der Waals surface area contributed by atoms with Gasteiger partial charge in [-0.1, -0.05) is 0 Å². The van der Waals surface area contributed by atoms with E-state index in [9.17, 15) is 14.0 Å². The smallest absolute Gasteiger partial charge is 0.416 e. The van der Waals surface area contributed by atoms with Gasteiger partial charge in [-0.2, -0.15) is 5.10 Å². The van der Waals surface area contributed by atoms with Crippen molar-refractivity contribution in [2.45, 2.75) is 31.8 Å². The number of carbonyl (C=O) groups is 2. The van der Waals surface area contributed by atoms with Crippen molar-refractivity contribution in [3.05, 3.63) is 53.4 Å². The van der Waals surface area contributed by atoms with Gasteiger partial charge in [0.05, 0.1) is 12.4 Å². The molecule has 0 spiro atoms. The van der Waals surface area contributed by atoms with E-state index in [2.05, 4.69) is 20.4 Å². The number of nitrogens with one attached hydrogen (secondary N) is 1. The van der Waals surface area contributed by atoms with E-state index < -0.39 is 18.0 Å². The number of aromatic nitrogens is 4. The van der Waals surface area contributed by atoms with Crippen LogP contribution in [0.2, 0.25) is 0 Å². The van der Waals surface area contributed by atoms with Gasteiger partial charge in [0.15, 0.2) is 5.65 Å². The molecule has 10 heteroatoms. The molecule has 2 atom stereocenters. The van der Waals surface area contributed by atoms with Gasteiger partial charge in [0.2, 0.25) is 0 Å². The van der Waals surface area contributed by atoms with Gasteiger partial charge in [-0.3, -0.25) is 14.7 Å². The summed E-state index contributed by atoms with van der Waals surface area (Å²) in [6, 6.07) is 2.27. The van der Waals surface area contributed by atoms with Crippen LogP contribution in [0.1, 0.15) is 41.0 Å². The molecule has 0 aliphatic carbocycles. The molecule has 0 unspecified atom stereocenters. The molecular weight excluding hydrogens is 379 g/mol. The van der Waals surface area contributed by atoms with E-state index in [0.29, 0.717) is 41.1 Å². The van der Waals surface area contributed by atoms with Crippen molar-refractivity contribution in [3.63, 3.8) is 0 Å². The molecule has 2 aliphatic rings. The predicted molar refractivity (Wildman–Crippen MR) is 99.0 cm³/mol. The summed E-state index contributed by atoms with van der Waals surface area (Å²) in [5, 5.41) is 7.09. The molecule has 0 saturated carbocycles. The number of hydrogen-bond donors (Lipinski definition) is 1.